The lowest BCUT2D eigenvalue weighted by Gasteiger charge is -1.93. The van der Waals surface area contributed by atoms with E-state index in [1.165, 1.54) is 21.6 Å². The van der Waals surface area contributed by atoms with Gasteiger partial charge in [0.1, 0.15) is 5.01 Å². The van der Waals surface area contributed by atoms with E-state index in [9.17, 15) is 0 Å². The first-order valence-electron chi connectivity index (χ1n) is 5.71. The molecule has 0 bridgehead atoms. The lowest BCUT2D eigenvalue weighted by molar-refractivity contribution is 1.05. The summed E-state index contributed by atoms with van der Waals surface area (Å²) in [6.45, 7) is 4.10. The van der Waals surface area contributed by atoms with Crippen molar-refractivity contribution in [2.75, 3.05) is 5.32 Å². The van der Waals surface area contributed by atoms with Crippen molar-refractivity contribution in [1.29, 1.82) is 0 Å². The Morgan fingerprint density at radius 3 is 2.78 bits per heavy atom. The summed E-state index contributed by atoms with van der Waals surface area (Å²) >= 11 is 3.18. The van der Waals surface area contributed by atoms with Gasteiger partial charge in [-0.25, -0.2) is 4.98 Å². The number of nitrogens with one attached hydrogen (secondary N) is 1. The highest BCUT2D eigenvalue weighted by Crippen LogP contribution is 2.29. The summed E-state index contributed by atoms with van der Waals surface area (Å²) in [6.07, 6.45) is 1.05. The van der Waals surface area contributed by atoms with E-state index >= 15 is 0 Å². The van der Waals surface area contributed by atoms with Crippen molar-refractivity contribution < 1.29 is 0 Å². The van der Waals surface area contributed by atoms with E-state index in [0.29, 0.717) is 0 Å². The molecule has 4 nitrogen and oxygen atoms in total. The molecule has 0 unspecified atom stereocenters. The van der Waals surface area contributed by atoms with E-state index in [4.69, 9.17) is 0 Å². The maximum atomic E-state index is 4.54. The molecule has 0 radical (unpaired) electrons. The number of hydrogen-bond acceptors (Lipinski definition) is 6. The highest BCUT2D eigenvalue weighted by atomic mass is 32.1. The standard InChI is InChI=1S/C12H12N4S2/c1-3-8-4-5-9-10(6-8)18-11(13-9)14-12-16-15-7(2)17-12/h4-6H,3H2,1-2H3,(H,13,14,16). The molecular weight excluding hydrogens is 264 g/mol. The first-order chi connectivity index (χ1) is 8.74. The average molecular weight is 276 g/mol. The number of hydrogen-bond donors (Lipinski definition) is 1. The van der Waals surface area contributed by atoms with Crippen molar-refractivity contribution in [2.45, 2.75) is 20.3 Å². The van der Waals surface area contributed by atoms with Crippen LogP contribution in [0.15, 0.2) is 18.2 Å². The SMILES string of the molecule is CCc1ccc2nc(Nc3nnc(C)s3)sc2c1. The number of anilines is 2. The highest BCUT2D eigenvalue weighted by Gasteiger charge is 2.07. The Morgan fingerprint density at radius 2 is 2.06 bits per heavy atom. The van der Waals surface area contributed by atoms with E-state index in [1.807, 2.05) is 6.92 Å². The summed E-state index contributed by atoms with van der Waals surface area (Å²) in [5.74, 6) is 0. The minimum atomic E-state index is 0.794. The molecule has 0 saturated carbocycles. The van der Waals surface area contributed by atoms with Gasteiger partial charge >= 0.3 is 0 Å². The predicted octanol–water partition coefficient (Wildman–Crippen LogP) is 3.76. The van der Waals surface area contributed by atoms with Crippen LogP contribution in [0.4, 0.5) is 10.3 Å². The first-order valence-corrected chi connectivity index (χ1v) is 7.34. The number of benzene rings is 1. The van der Waals surface area contributed by atoms with Gasteiger partial charge in [0.25, 0.3) is 0 Å². The molecule has 2 aromatic heterocycles. The van der Waals surface area contributed by atoms with Gasteiger partial charge in [-0.05, 0) is 31.0 Å². The van der Waals surface area contributed by atoms with Crippen LogP contribution in [0.5, 0.6) is 0 Å². The molecule has 92 valence electrons. The number of aromatic nitrogens is 3. The molecule has 0 atom stereocenters. The second-order valence-electron chi connectivity index (χ2n) is 3.93. The molecule has 0 fully saturated rings. The van der Waals surface area contributed by atoms with Crippen molar-refractivity contribution in [3.8, 4) is 0 Å². The normalized spacial score (nSPS) is 11.0. The van der Waals surface area contributed by atoms with Gasteiger partial charge < -0.3 is 5.32 Å². The zero-order chi connectivity index (χ0) is 12.5. The van der Waals surface area contributed by atoms with Gasteiger partial charge in [-0.3, -0.25) is 0 Å². The van der Waals surface area contributed by atoms with Gasteiger partial charge in [0.2, 0.25) is 5.13 Å². The van der Waals surface area contributed by atoms with Crippen LogP contribution in [0.2, 0.25) is 0 Å². The van der Waals surface area contributed by atoms with Gasteiger partial charge in [-0.15, -0.1) is 10.2 Å². The Kier molecular flexibility index (Phi) is 2.97. The third-order valence-corrected chi connectivity index (χ3v) is 4.29. The van der Waals surface area contributed by atoms with Crippen LogP contribution in [0.3, 0.4) is 0 Å². The Morgan fingerprint density at radius 1 is 1.17 bits per heavy atom. The summed E-state index contributed by atoms with van der Waals surface area (Å²) < 4.78 is 1.21. The van der Waals surface area contributed by atoms with Gasteiger partial charge in [0.05, 0.1) is 10.2 Å². The van der Waals surface area contributed by atoms with Crippen LogP contribution in [0, 0.1) is 6.92 Å². The van der Waals surface area contributed by atoms with Crippen LogP contribution in [-0.2, 0) is 6.42 Å². The molecule has 0 aliphatic rings. The van der Waals surface area contributed by atoms with Gasteiger partial charge in [0.15, 0.2) is 5.13 Å². The van der Waals surface area contributed by atoms with Crippen LogP contribution in [0.25, 0.3) is 10.2 Å². The largest absolute Gasteiger partial charge is 0.306 e. The van der Waals surface area contributed by atoms with Gasteiger partial charge in [-0.2, -0.15) is 0 Å². The Balaban J connectivity index is 1.93. The van der Waals surface area contributed by atoms with E-state index in [1.54, 1.807) is 11.3 Å². The Bertz CT molecular complexity index is 686. The number of rotatable bonds is 3. The molecule has 0 amide bonds. The summed E-state index contributed by atoms with van der Waals surface area (Å²) in [5, 5.41) is 13.8. The lowest BCUT2D eigenvalue weighted by atomic mass is 10.2. The van der Waals surface area contributed by atoms with Crippen LogP contribution >= 0.6 is 22.7 Å². The van der Waals surface area contributed by atoms with Gasteiger partial charge in [-0.1, -0.05) is 35.7 Å². The average Bonchev–Trinajstić information content (AvgIpc) is 2.94. The molecule has 1 aromatic carbocycles. The number of fused-ring (bicyclic) bond motifs is 1. The third kappa shape index (κ3) is 2.21. The monoisotopic (exact) mass is 276 g/mol. The van der Waals surface area contributed by atoms with Crippen LogP contribution < -0.4 is 5.32 Å². The Hall–Kier alpha value is -1.53. The number of thiazole rings is 1. The molecule has 2 heterocycles. The second-order valence-corrected chi connectivity index (χ2v) is 6.14. The molecule has 18 heavy (non-hydrogen) atoms. The number of nitrogens with zero attached hydrogens (tertiary/aromatic N) is 3. The molecule has 6 heteroatoms. The molecule has 3 rings (SSSR count). The maximum absolute atomic E-state index is 4.54. The molecule has 0 spiro atoms. The van der Waals surface area contributed by atoms with Crippen molar-refractivity contribution >= 4 is 43.2 Å². The van der Waals surface area contributed by atoms with E-state index in [0.717, 1.165) is 27.2 Å². The quantitative estimate of drug-likeness (QED) is 0.791. The smallest absolute Gasteiger partial charge is 0.211 e. The molecule has 0 aliphatic carbocycles. The van der Waals surface area contributed by atoms with Crippen molar-refractivity contribution in [2.24, 2.45) is 0 Å². The van der Waals surface area contributed by atoms with Crippen molar-refractivity contribution in [1.82, 2.24) is 15.2 Å². The van der Waals surface area contributed by atoms with Crippen molar-refractivity contribution in [3.63, 3.8) is 0 Å². The Labute approximate surface area is 113 Å². The summed E-state index contributed by atoms with van der Waals surface area (Å²) in [6, 6.07) is 6.39. The zero-order valence-electron chi connectivity index (χ0n) is 10.1. The summed E-state index contributed by atoms with van der Waals surface area (Å²) in [4.78, 5) is 4.54. The number of aryl methyl sites for hydroxylation is 2. The maximum Gasteiger partial charge on any atom is 0.211 e. The summed E-state index contributed by atoms with van der Waals surface area (Å²) in [7, 11) is 0. The third-order valence-electron chi connectivity index (χ3n) is 2.60. The van der Waals surface area contributed by atoms with Gasteiger partial charge in [0, 0.05) is 0 Å². The molecular formula is C12H12N4S2. The van der Waals surface area contributed by atoms with Crippen molar-refractivity contribution in [3.05, 3.63) is 28.8 Å². The zero-order valence-corrected chi connectivity index (χ0v) is 11.7. The fraction of sp³-hybridized carbons (Fsp3) is 0.250. The minimum Gasteiger partial charge on any atom is -0.306 e. The molecule has 0 aliphatic heterocycles. The summed E-state index contributed by atoms with van der Waals surface area (Å²) in [5.41, 5.74) is 2.37. The predicted molar refractivity (Wildman–Crippen MR) is 76.9 cm³/mol. The van der Waals surface area contributed by atoms with E-state index in [-0.39, 0.29) is 0 Å². The first kappa shape index (κ1) is 11.6. The topological polar surface area (TPSA) is 50.7 Å². The van der Waals surface area contributed by atoms with Crippen LogP contribution in [0.1, 0.15) is 17.5 Å². The fourth-order valence-corrected chi connectivity index (χ4v) is 3.26. The van der Waals surface area contributed by atoms with E-state index < -0.39 is 0 Å². The molecule has 3 aromatic rings. The second kappa shape index (κ2) is 4.62. The highest BCUT2D eigenvalue weighted by molar-refractivity contribution is 7.22. The lowest BCUT2D eigenvalue weighted by Crippen LogP contribution is -1.87. The molecule has 1 N–H and O–H groups in total. The fourth-order valence-electron chi connectivity index (χ4n) is 1.68. The van der Waals surface area contributed by atoms with Crippen LogP contribution in [-0.4, -0.2) is 15.2 Å². The van der Waals surface area contributed by atoms with E-state index in [2.05, 4.69) is 45.6 Å². The molecule has 0 saturated heterocycles. The minimum absolute atomic E-state index is 0.794.